The molecule has 5 heteroatoms. The van der Waals surface area contributed by atoms with Crippen molar-refractivity contribution in [2.45, 2.75) is 43.9 Å². The van der Waals surface area contributed by atoms with Gasteiger partial charge in [0.05, 0.1) is 7.11 Å². The molecule has 0 aromatic rings. The number of carbonyl (C=O) groups is 1. The molecule has 0 aromatic heterocycles. The molecule has 0 saturated carbocycles. The maximum atomic E-state index is 11.3. The quantitative estimate of drug-likeness (QED) is 0.499. The van der Waals surface area contributed by atoms with Gasteiger partial charge in [-0.15, -0.1) is 0 Å². The molecule has 0 radical (unpaired) electrons. The highest BCUT2D eigenvalue weighted by Crippen LogP contribution is 2.18. The van der Waals surface area contributed by atoms with Gasteiger partial charge in [-0.05, 0) is 31.9 Å². The topological polar surface area (TPSA) is 72.5 Å². The number of aliphatic hydroxyl groups excluding tert-OH is 1. The van der Waals surface area contributed by atoms with Crippen molar-refractivity contribution in [3.8, 4) is 0 Å². The van der Waals surface area contributed by atoms with Crippen molar-refractivity contribution >= 4 is 17.7 Å². The summed E-state index contributed by atoms with van der Waals surface area (Å²) in [5, 5.41) is 9.18. The van der Waals surface area contributed by atoms with Crippen molar-refractivity contribution in [2.75, 3.05) is 19.5 Å². The third-order valence-corrected chi connectivity index (χ3v) is 3.76. The highest BCUT2D eigenvalue weighted by molar-refractivity contribution is 7.99. The Labute approximate surface area is 102 Å². The summed E-state index contributed by atoms with van der Waals surface area (Å²) in [4.78, 5) is 11.3. The van der Waals surface area contributed by atoms with Gasteiger partial charge < -0.3 is 15.6 Å². The molecule has 3 N–H and O–H groups in total. The number of carbonyl (C=O) groups excluding carboxylic acids is 1. The number of esters is 1. The number of rotatable bonds is 8. The Hall–Kier alpha value is -0.260. The Bertz CT molecular complexity index is 209. The van der Waals surface area contributed by atoms with Crippen LogP contribution in [0.25, 0.3) is 0 Å². The van der Waals surface area contributed by atoms with Gasteiger partial charge in [-0.1, -0.05) is 6.92 Å². The van der Waals surface area contributed by atoms with E-state index in [4.69, 9.17) is 10.8 Å². The molecule has 0 aliphatic heterocycles. The molecule has 0 aliphatic rings. The lowest BCUT2D eigenvalue weighted by Crippen LogP contribution is -2.45. The van der Waals surface area contributed by atoms with Crippen LogP contribution in [0, 0.1) is 0 Å². The standard InChI is InChI=1S/C11H23NO3S/c1-9(5-7-13)16-8-4-6-11(2,12)10(14)15-3/h9,13H,4-8,12H2,1-3H3. The zero-order valence-corrected chi connectivity index (χ0v) is 11.2. The lowest BCUT2D eigenvalue weighted by atomic mass is 9.98. The number of hydrogen-bond donors (Lipinski definition) is 2. The van der Waals surface area contributed by atoms with Gasteiger partial charge >= 0.3 is 5.97 Å². The van der Waals surface area contributed by atoms with Crippen molar-refractivity contribution in [3.05, 3.63) is 0 Å². The molecular weight excluding hydrogens is 226 g/mol. The van der Waals surface area contributed by atoms with E-state index < -0.39 is 5.54 Å². The van der Waals surface area contributed by atoms with Crippen LogP contribution in [0.5, 0.6) is 0 Å². The lowest BCUT2D eigenvalue weighted by Gasteiger charge is -2.21. The second-order valence-corrected chi connectivity index (χ2v) is 5.75. The van der Waals surface area contributed by atoms with E-state index in [0.717, 1.165) is 18.6 Å². The number of methoxy groups -OCH3 is 1. The van der Waals surface area contributed by atoms with Crippen LogP contribution >= 0.6 is 11.8 Å². The minimum absolute atomic E-state index is 0.227. The maximum absolute atomic E-state index is 11.3. The minimum Gasteiger partial charge on any atom is -0.468 e. The Kier molecular flexibility index (Phi) is 7.80. The van der Waals surface area contributed by atoms with Gasteiger partial charge in [-0.3, -0.25) is 4.79 Å². The Morgan fingerprint density at radius 1 is 1.62 bits per heavy atom. The third-order valence-electron chi connectivity index (χ3n) is 2.43. The van der Waals surface area contributed by atoms with Crippen molar-refractivity contribution < 1.29 is 14.6 Å². The van der Waals surface area contributed by atoms with Crippen LogP contribution in [0.1, 0.15) is 33.1 Å². The maximum Gasteiger partial charge on any atom is 0.325 e. The fourth-order valence-corrected chi connectivity index (χ4v) is 2.31. The summed E-state index contributed by atoms with van der Waals surface area (Å²) >= 11 is 1.79. The zero-order chi connectivity index (χ0) is 12.6. The Morgan fingerprint density at radius 2 is 2.25 bits per heavy atom. The number of aliphatic hydroxyl groups is 1. The Balaban J connectivity index is 3.69. The summed E-state index contributed by atoms with van der Waals surface area (Å²) in [6.45, 7) is 4.01. The van der Waals surface area contributed by atoms with Gasteiger partial charge in [0, 0.05) is 11.9 Å². The molecule has 0 bridgehead atoms. The number of thioether (sulfide) groups is 1. The van der Waals surface area contributed by atoms with Gasteiger partial charge in [0.1, 0.15) is 5.54 Å². The van der Waals surface area contributed by atoms with Crippen LogP contribution in [-0.4, -0.2) is 41.3 Å². The molecule has 2 unspecified atom stereocenters. The number of hydrogen-bond acceptors (Lipinski definition) is 5. The monoisotopic (exact) mass is 249 g/mol. The third kappa shape index (κ3) is 6.35. The normalized spacial score (nSPS) is 16.6. The van der Waals surface area contributed by atoms with Crippen molar-refractivity contribution in [2.24, 2.45) is 5.73 Å². The van der Waals surface area contributed by atoms with Gasteiger partial charge in [0.25, 0.3) is 0 Å². The molecular formula is C11H23NO3S. The molecule has 0 fully saturated rings. The van der Waals surface area contributed by atoms with Crippen LogP contribution in [0.4, 0.5) is 0 Å². The van der Waals surface area contributed by atoms with Crippen LogP contribution in [0.2, 0.25) is 0 Å². The Morgan fingerprint density at radius 3 is 2.75 bits per heavy atom. The fraction of sp³-hybridized carbons (Fsp3) is 0.909. The molecule has 0 spiro atoms. The van der Waals surface area contributed by atoms with Crippen LogP contribution < -0.4 is 5.73 Å². The summed E-state index contributed by atoms with van der Waals surface area (Å²) in [5.74, 6) is 0.589. The molecule has 16 heavy (non-hydrogen) atoms. The van der Waals surface area contributed by atoms with Crippen LogP contribution in [-0.2, 0) is 9.53 Å². The molecule has 0 aromatic carbocycles. The number of nitrogens with two attached hydrogens (primary N) is 1. The largest absolute Gasteiger partial charge is 0.468 e. The van der Waals surface area contributed by atoms with E-state index >= 15 is 0 Å². The van der Waals surface area contributed by atoms with E-state index in [-0.39, 0.29) is 12.6 Å². The molecule has 0 heterocycles. The molecule has 0 amide bonds. The first-order valence-electron chi connectivity index (χ1n) is 5.53. The number of ether oxygens (including phenoxy) is 1. The van der Waals surface area contributed by atoms with E-state index in [1.807, 2.05) is 0 Å². The summed E-state index contributed by atoms with van der Waals surface area (Å²) in [6.07, 6.45) is 2.31. The average molecular weight is 249 g/mol. The predicted molar refractivity (Wildman–Crippen MR) is 67.5 cm³/mol. The lowest BCUT2D eigenvalue weighted by molar-refractivity contribution is -0.146. The SMILES string of the molecule is COC(=O)C(C)(N)CCCSC(C)CCO. The summed E-state index contributed by atoms with van der Waals surface area (Å²) in [6, 6.07) is 0. The first-order valence-corrected chi connectivity index (χ1v) is 6.58. The van der Waals surface area contributed by atoms with Crippen LogP contribution in [0.3, 0.4) is 0 Å². The van der Waals surface area contributed by atoms with Gasteiger partial charge in [-0.2, -0.15) is 11.8 Å². The highest BCUT2D eigenvalue weighted by atomic mass is 32.2. The molecule has 0 aliphatic carbocycles. The zero-order valence-electron chi connectivity index (χ0n) is 10.4. The summed E-state index contributed by atoms with van der Waals surface area (Å²) < 4.78 is 4.63. The smallest absolute Gasteiger partial charge is 0.325 e. The summed E-state index contributed by atoms with van der Waals surface area (Å²) in [7, 11) is 1.35. The molecule has 96 valence electrons. The highest BCUT2D eigenvalue weighted by Gasteiger charge is 2.28. The fourth-order valence-electron chi connectivity index (χ4n) is 1.32. The van der Waals surface area contributed by atoms with E-state index in [2.05, 4.69) is 11.7 Å². The summed E-state index contributed by atoms with van der Waals surface area (Å²) in [5.41, 5.74) is 4.94. The molecule has 4 nitrogen and oxygen atoms in total. The van der Waals surface area contributed by atoms with Crippen LogP contribution in [0.15, 0.2) is 0 Å². The van der Waals surface area contributed by atoms with Gasteiger partial charge in [-0.25, -0.2) is 0 Å². The van der Waals surface area contributed by atoms with E-state index in [9.17, 15) is 4.79 Å². The van der Waals surface area contributed by atoms with E-state index in [1.165, 1.54) is 7.11 Å². The van der Waals surface area contributed by atoms with Gasteiger partial charge in [0.2, 0.25) is 0 Å². The second kappa shape index (κ2) is 7.92. The van der Waals surface area contributed by atoms with E-state index in [0.29, 0.717) is 11.7 Å². The molecule has 2 atom stereocenters. The van der Waals surface area contributed by atoms with Crippen molar-refractivity contribution in [1.29, 1.82) is 0 Å². The average Bonchev–Trinajstić information content (AvgIpc) is 2.23. The van der Waals surface area contributed by atoms with Crippen molar-refractivity contribution in [1.82, 2.24) is 0 Å². The van der Waals surface area contributed by atoms with Gasteiger partial charge in [0.15, 0.2) is 0 Å². The first-order chi connectivity index (χ1) is 7.44. The predicted octanol–water partition coefficient (Wildman–Crippen LogP) is 1.16. The van der Waals surface area contributed by atoms with Crippen molar-refractivity contribution in [3.63, 3.8) is 0 Å². The first kappa shape index (κ1) is 15.7. The second-order valence-electron chi connectivity index (χ2n) is 4.21. The molecule has 0 rings (SSSR count). The minimum atomic E-state index is -0.879. The molecule has 0 saturated heterocycles. The van der Waals surface area contributed by atoms with E-state index in [1.54, 1.807) is 18.7 Å².